The molecule has 29 heavy (non-hydrogen) atoms. The van der Waals surface area contributed by atoms with E-state index in [4.69, 9.17) is 0 Å². The second-order valence-corrected chi connectivity index (χ2v) is 6.95. The summed E-state index contributed by atoms with van der Waals surface area (Å²) < 4.78 is 84.9. The molecular formula is C21H22F6O2. The Balaban J connectivity index is 2.88. The molecule has 0 atom stereocenters. The number of aromatic hydroxyl groups is 2. The van der Waals surface area contributed by atoms with Crippen LogP contribution in [0.25, 0.3) is 0 Å². The summed E-state index contributed by atoms with van der Waals surface area (Å²) in [5, 5.41) is 20.4. The Hall–Kier alpha value is -2.38. The van der Waals surface area contributed by atoms with Crippen molar-refractivity contribution in [2.45, 2.75) is 57.3 Å². The topological polar surface area (TPSA) is 40.5 Å². The van der Waals surface area contributed by atoms with Gasteiger partial charge in [0.05, 0.1) is 0 Å². The number of rotatable bonds is 6. The van der Waals surface area contributed by atoms with Crippen molar-refractivity contribution in [3.63, 3.8) is 0 Å². The van der Waals surface area contributed by atoms with Crippen LogP contribution in [0.15, 0.2) is 36.4 Å². The average Bonchev–Trinajstić information content (AvgIpc) is 2.57. The Morgan fingerprint density at radius 2 is 1.00 bits per heavy atom. The molecule has 8 heteroatoms. The van der Waals surface area contributed by atoms with Gasteiger partial charge in [-0.2, -0.15) is 26.3 Å². The van der Waals surface area contributed by atoms with Gasteiger partial charge in [-0.3, -0.25) is 0 Å². The van der Waals surface area contributed by atoms with Crippen LogP contribution in [0.3, 0.4) is 0 Å². The van der Waals surface area contributed by atoms with Crippen molar-refractivity contribution >= 4 is 0 Å². The standard InChI is InChI=1S/C21H22F6O2/c1-3-5-13-7-9-15(17(28)11-13)19(20(22,23)24,21(25,26)27)16-10-8-14(6-4-2)12-18(16)29/h7-12,28-29H,3-6H2,1-2H3. The average molecular weight is 420 g/mol. The van der Waals surface area contributed by atoms with Crippen LogP contribution in [-0.2, 0) is 18.3 Å². The lowest BCUT2D eigenvalue weighted by atomic mass is 9.71. The van der Waals surface area contributed by atoms with Crippen LogP contribution in [0.4, 0.5) is 26.3 Å². The van der Waals surface area contributed by atoms with E-state index in [1.165, 1.54) is 0 Å². The molecule has 160 valence electrons. The molecule has 0 bridgehead atoms. The van der Waals surface area contributed by atoms with Crippen molar-refractivity contribution in [2.75, 3.05) is 0 Å². The number of benzene rings is 2. The number of halogens is 6. The third-order valence-corrected chi connectivity index (χ3v) is 4.86. The first-order valence-electron chi connectivity index (χ1n) is 9.18. The lowest BCUT2D eigenvalue weighted by Crippen LogP contribution is -2.54. The second-order valence-electron chi connectivity index (χ2n) is 6.95. The third kappa shape index (κ3) is 4.02. The SMILES string of the molecule is CCCc1ccc(C(c2ccc(CCC)cc2O)(C(F)(F)F)C(F)(F)F)c(O)c1. The zero-order valence-electron chi connectivity index (χ0n) is 16.0. The summed E-state index contributed by atoms with van der Waals surface area (Å²) >= 11 is 0. The predicted octanol–water partition coefficient (Wildman–Crippen LogP) is 6.41. The van der Waals surface area contributed by atoms with Crippen LogP contribution in [0.5, 0.6) is 11.5 Å². The van der Waals surface area contributed by atoms with Crippen molar-refractivity contribution in [3.05, 3.63) is 58.7 Å². The van der Waals surface area contributed by atoms with Gasteiger partial charge < -0.3 is 10.2 Å². The first-order chi connectivity index (χ1) is 13.4. The fourth-order valence-electron chi connectivity index (χ4n) is 3.59. The van der Waals surface area contributed by atoms with Gasteiger partial charge in [-0.15, -0.1) is 0 Å². The van der Waals surface area contributed by atoms with Crippen LogP contribution < -0.4 is 0 Å². The summed E-state index contributed by atoms with van der Waals surface area (Å²) in [5.41, 5.74) is -6.49. The molecule has 2 N–H and O–H groups in total. The molecule has 2 aromatic rings. The highest BCUT2D eigenvalue weighted by Gasteiger charge is 2.74. The number of hydrogen-bond acceptors (Lipinski definition) is 2. The van der Waals surface area contributed by atoms with Gasteiger partial charge in [0.25, 0.3) is 0 Å². The largest absolute Gasteiger partial charge is 0.508 e. The summed E-state index contributed by atoms with van der Waals surface area (Å²) in [4.78, 5) is 0. The van der Waals surface area contributed by atoms with Crippen LogP contribution in [-0.4, -0.2) is 22.6 Å². The van der Waals surface area contributed by atoms with E-state index in [0.29, 0.717) is 48.9 Å². The van der Waals surface area contributed by atoms with Crippen LogP contribution >= 0.6 is 0 Å². The maximum absolute atomic E-state index is 14.2. The molecule has 0 aromatic heterocycles. The second kappa shape index (κ2) is 8.16. The van der Waals surface area contributed by atoms with Gasteiger partial charge in [0.1, 0.15) is 11.5 Å². The highest BCUT2D eigenvalue weighted by molar-refractivity contribution is 5.56. The Bertz CT molecular complexity index is 784. The first kappa shape index (κ1) is 22.9. The molecule has 0 saturated carbocycles. The molecule has 0 fully saturated rings. The molecule has 0 saturated heterocycles. The minimum Gasteiger partial charge on any atom is -0.508 e. The van der Waals surface area contributed by atoms with E-state index in [1.54, 1.807) is 13.8 Å². The van der Waals surface area contributed by atoms with E-state index >= 15 is 0 Å². The number of alkyl halides is 6. The Kier molecular flexibility index (Phi) is 6.45. The lowest BCUT2D eigenvalue weighted by molar-refractivity contribution is -0.289. The van der Waals surface area contributed by atoms with Gasteiger partial charge in [0.2, 0.25) is 5.41 Å². The van der Waals surface area contributed by atoms with Gasteiger partial charge in [-0.25, -0.2) is 0 Å². The summed E-state index contributed by atoms with van der Waals surface area (Å²) in [6, 6.07) is 5.36. The fourth-order valence-corrected chi connectivity index (χ4v) is 3.59. The summed E-state index contributed by atoms with van der Waals surface area (Å²) in [6.45, 7) is 3.58. The van der Waals surface area contributed by atoms with E-state index in [9.17, 15) is 36.6 Å². The van der Waals surface area contributed by atoms with Crippen molar-refractivity contribution in [1.29, 1.82) is 0 Å². The Morgan fingerprint density at radius 1 is 0.655 bits per heavy atom. The maximum Gasteiger partial charge on any atom is 0.411 e. The number of phenolic OH excluding ortho intramolecular Hbond substituents is 2. The van der Waals surface area contributed by atoms with E-state index in [1.807, 2.05) is 0 Å². The molecule has 2 rings (SSSR count). The maximum atomic E-state index is 14.2. The van der Waals surface area contributed by atoms with Gasteiger partial charge in [0, 0.05) is 11.1 Å². The monoisotopic (exact) mass is 420 g/mol. The molecule has 2 nitrogen and oxygen atoms in total. The number of hydrogen-bond donors (Lipinski definition) is 2. The van der Waals surface area contributed by atoms with Crippen molar-refractivity contribution < 1.29 is 36.6 Å². The normalized spacial score (nSPS) is 13.0. The highest BCUT2D eigenvalue weighted by Crippen LogP contribution is 2.59. The molecular weight excluding hydrogens is 398 g/mol. The zero-order valence-corrected chi connectivity index (χ0v) is 16.0. The molecule has 2 aromatic carbocycles. The Labute approximate surface area is 164 Å². The highest BCUT2D eigenvalue weighted by atomic mass is 19.4. The number of aryl methyl sites for hydroxylation is 2. The van der Waals surface area contributed by atoms with Gasteiger partial charge in [-0.05, 0) is 36.1 Å². The summed E-state index contributed by atoms with van der Waals surface area (Å²) in [5.74, 6) is -2.25. The van der Waals surface area contributed by atoms with Gasteiger partial charge in [0.15, 0.2) is 0 Å². The molecule has 0 heterocycles. The van der Waals surface area contributed by atoms with Crippen LogP contribution in [0.1, 0.15) is 48.9 Å². The van der Waals surface area contributed by atoms with Crippen molar-refractivity contribution in [1.82, 2.24) is 0 Å². The molecule has 0 aliphatic heterocycles. The van der Waals surface area contributed by atoms with Gasteiger partial charge >= 0.3 is 12.4 Å². The molecule has 0 spiro atoms. The zero-order chi connectivity index (χ0) is 22.0. The predicted molar refractivity (Wildman–Crippen MR) is 97.1 cm³/mol. The smallest absolute Gasteiger partial charge is 0.411 e. The molecule has 0 amide bonds. The van der Waals surface area contributed by atoms with E-state index in [-0.39, 0.29) is 0 Å². The minimum absolute atomic E-state index is 0.385. The Morgan fingerprint density at radius 3 is 1.24 bits per heavy atom. The molecule has 0 aliphatic rings. The fraction of sp³-hybridized carbons (Fsp3) is 0.429. The number of phenols is 2. The summed E-state index contributed by atoms with van der Waals surface area (Å²) in [7, 11) is 0. The van der Waals surface area contributed by atoms with E-state index in [2.05, 4.69) is 0 Å². The molecule has 0 aliphatic carbocycles. The molecule has 0 unspecified atom stereocenters. The van der Waals surface area contributed by atoms with E-state index < -0.39 is 40.4 Å². The minimum atomic E-state index is -5.88. The van der Waals surface area contributed by atoms with Crippen molar-refractivity contribution in [2.24, 2.45) is 0 Å². The van der Waals surface area contributed by atoms with E-state index in [0.717, 1.165) is 24.3 Å². The van der Waals surface area contributed by atoms with Gasteiger partial charge in [-0.1, -0.05) is 51.0 Å². The summed E-state index contributed by atoms with van der Waals surface area (Å²) in [6.07, 6.45) is -9.78. The van der Waals surface area contributed by atoms with Crippen LogP contribution in [0, 0.1) is 0 Å². The molecule has 0 radical (unpaired) electrons. The van der Waals surface area contributed by atoms with Crippen LogP contribution in [0.2, 0.25) is 0 Å². The van der Waals surface area contributed by atoms with Crippen molar-refractivity contribution in [3.8, 4) is 11.5 Å². The quantitative estimate of drug-likeness (QED) is 0.530. The lowest BCUT2D eigenvalue weighted by Gasteiger charge is -2.39. The first-order valence-corrected chi connectivity index (χ1v) is 9.18. The third-order valence-electron chi connectivity index (χ3n) is 4.86.